The Morgan fingerprint density at radius 1 is 0.410 bits per heavy atom. The van der Waals surface area contributed by atoms with Gasteiger partial charge in [-0.2, -0.15) is 0 Å². The Kier molecular flexibility index (Phi) is 48.0. The first-order chi connectivity index (χ1) is 30.2. The van der Waals surface area contributed by atoms with E-state index < -0.39 is 12.1 Å². The average Bonchev–Trinajstić information content (AvgIpc) is 3.26. The van der Waals surface area contributed by atoms with Gasteiger partial charge in [-0.1, -0.05) is 225 Å². The molecular weight excluding hydrogens is 747 g/mol. The molecule has 0 aromatic carbocycles. The van der Waals surface area contributed by atoms with Crippen LogP contribution in [0.2, 0.25) is 0 Å². The van der Waals surface area contributed by atoms with E-state index in [-0.39, 0.29) is 12.5 Å². The van der Waals surface area contributed by atoms with E-state index in [9.17, 15) is 15.0 Å². The van der Waals surface area contributed by atoms with Crippen molar-refractivity contribution in [3.8, 4) is 0 Å². The van der Waals surface area contributed by atoms with Crippen LogP contribution in [0.1, 0.15) is 200 Å². The molecular formula is C57H93NO3. The van der Waals surface area contributed by atoms with Gasteiger partial charge >= 0.3 is 0 Å². The molecule has 2 unspecified atom stereocenters. The predicted octanol–water partition coefficient (Wildman–Crippen LogP) is 16.3. The summed E-state index contributed by atoms with van der Waals surface area (Å²) < 4.78 is 0. The molecule has 0 bridgehead atoms. The van der Waals surface area contributed by atoms with Gasteiger partial charge in [0.1, 0.15) is 0 Å². The first-order valence-corrected chi connectivity index (χ1v) is 24.9. The highest BCUT2D eigenvalue weighted by molar-refractivity contribution is 5.76. The van der Waals surface area contributed by atoms with Gasteiger partial charge in [-0.3, -0.25) is 4.79 Å². The molecule has 0 aliphatic heterocycles. The van der Waals surface area contributed by atoms with Crippen molar-refractivity contribution < 1.29 is 15.0 Å². The van der Waals surface area contributed by atoms with Gasteiger partial charge in [0, 0.05) is 6.42 Å². The van der Waals surface area contributed by atoms with E-state index in [1.165, 1.54) is 77.0 Å². The average molecular weight is 840 g/mol. The van der Waals surface area contributed by atoms with E-state index in [0.29, 0.717) is 6.42 Å². The highest BCUT2D eigenvalue weighted by atomic mass is 16.3. The minimum Gasteiger partial charge on any atom is -0.394 e. The minimum absolute atomic E-state index is 0.0923. The Morgan fingerprint density at radius 3 is 1.15 bits per heavy atom. The predicted molar refractivity (Wildman–Crippen MR) is 271 cm³/mol. The SMILES string of the molecule is CC/C=C\C/C=C\C/C=C\C/C=C\C/C=C\C/C=C\C/C=C\C/C=C\C/C=C\CCCCCCCCCC(=O)NC(CO)C(O)/C=C/CC/C=C/CCCCCCCCCC. The molecule has 0 aromatic heterocycles. The fraction of sp³-hybridized carbons (Fsp3) is 0.596. The Hall–Kier alpha value is -3.47. The lowest BCUT2D eigenvalue weighted by Crippen LogP contribution is -2.45. The summed E-state index contributed by atoms with van der Waals surface area (Å²) in [5.74, 6) is -0.0923. The molecule has 0 aromatic rings. The molecule has 3 N–H and O–H groups in total. The fourth-order valence-corrected chi connectivity index (χ4v) is 6.60. The van der Waals surface area contributed by atoms with Crippen LogP contribution in [0.4, 0.5) is 0 Å². The van der Waals surface area contributed by atoms with Gasteiger partial charge in [0.15, 0.2) is 0 Å². The fourth-order valence-electron chi connectivity index (χ4n) is 6.60. The third kappa shape index (κ3) is 47.4. The molecule has 0 saturated carbocycles. The van der Waals surface area contributed by atoms with Crippen molar-refractivity contribution in [2.45, 2.75) is 212 Å². The number of hydrogen-bond donors (Lipinski definition) is 3. The van der Waals surface area contributed by atoms with Crippen molar-refractivity contribution in [2.75, 3.05) is 6.61 Å². The summed E-state index contributed by atoms with van der Waals surface area (Å²) in [4.78, 5) is 12.4. The van der Waals surface area contributed by atoms with Crippen molar-refractivity contribution >= 4 is 5.91 Å². The van der Waals surface area contributed by atoms with E-state index in [1.54, 1.807) is 6.08 Å². The van der Waals surface area contributed by atoms with E-state index in [2.05, 4.69) is 141 Å². The Bertz CT molecular complexity index is 1270. The third-order valence-electron chi connectivity index (χ3n) is 10.4. The van der Waals surface area contributed by atoms with Crippen molar-refractivity contribution in [1.82, 2.24) is 5.32 Å². The lowest BCUT2D eigenvalue weighted by Gasteiger charge is -2.19. The molecule has 0 aliphatic rings. The van der Waals surface area contributed by atoms with Crippen LogP contribution in [0.5, 0.6) is 0 Å². The van der Waals surface area contributed by atoms with Gasteiger partial charge < -0.3 is 15.5 Å². The van der Waals surface area contributed by atoms with Gasteiger partial charge in [0.2, 0.25) is 5.91 Å². The normalized spacial score (nSPS) is 14.1. The Labute approximate surface area is 377 Å². The minimum atomic E-state index is -0.875. The van der Waals surface area contributed by atoms with Crippen LogP contribution in [0, 0.1) is 0 Å². The number of unbranched alkanes of at least 4 members (excludes halogenated alkanes) is 16. The smallest absolute Gasteiger partial charge is 0.220 e. The largest absolute Gasteiger partial charge is 0.394 e. The summed E-state index contributed by atoms with van der Waals surface area (Å²) in [6, 6.07) is -0.654. The number of rotatable bonds is 43. The van der Waals surface area contributed by atoms with Crippen LogP contribution in [0.25, 0.3) is 0 Å². The van der Waals surface area contributed by atoms with Crippen LogP contribution in [0.3, 0.4) is 0 Å². The Balaban J connectivity index is 3.69. The molecule has 0 spiro atoms. The summed E-state index contributed by atoms with van der Waals surface area (Å²) in [6.45, 7) is 4.15. The molecule has 0 rings (SSSR count). The molecule has 0 aliphatic carbocycles. The lowest BCUT2D eigenvalue weighted by atomic mass is 10.1. The zero-order valence-corrected chi connectivity index (χ0v) is 39.4. The molecule has 0 fully saturated rings. The van der Waals surface area contributed by atoms with Crippen LogP contribution in [-0.4, -0.2) is 34.9 Å². The highest BCUT2D eigenvalue weighted by Gasteiger charge is 2.17. The number of carbonyl (C=O) groups is 1. The van der Waals surface area contributed by atoms with Gasteiger partial charge in [0.05, 0.1) is 18.8 Å². The molecule has 4 nitrogen and oxygen atoms in total. The zero-order chi connectivity index (χ0) is 44.2. The van der Waals surface area contributed by atoms with Crippen LogP contribution in [0.15, 0.2) is 134 Å². The first-order valence-electron chi connectivity index (χ1n) is 24.9. The number of aliphatic hydroxyl groups is 2. The van der Waals surface area contributed by atoms with Gasteiger partial charge in [-0.15, -0.1) is 0 Å². The molecule has 0 saturated heterocycles. The first kappa shape index (κ1) is 57.5. The van der Waals surface area contributed by atoms with Gasteiger partial charge in [-0.05, 0) is 103 Å². The lowest BCUT2D eigenvalue weighted by molar-refractivity contribution is -0.123. The zero-order valence-electron chi connectivity index (χ0n) is 39.4. The van der Waals surface area contributed by atoms with E-state index >= 15 is 0 Å². The van der Waals surface area contributed by atoms with E-state index in [0.717, 1.165) is 103 Å². The third-order valence-corrected chi connectivity index (χ3v) is 10.4. The number of amides is 1. The van der Waals surface area contributed by atoms with E-state index in [1.807, 2.05) is 6.08 Å². The van der Waals surface area contributed by atoms with Gasteiger partial charge in [0.25, 0.3) is 0 Å². The maximum atomic E-state index is 12.4. The monoisotopic (exact) mass is 840 g/mol. The quantitative estimate of drug-likeness (QED) is 0.0423. The summed E-state index contributed by atoms with van der Waals surface area (Å²) in [5.41, 5.74) is 0. The van der Waals surface area contributed by atoms with Crippen LogP contribution in [-0.2, 0) is 4.79 Å². The summed E-state index contributed by atoms with van der Waals surface area (Å²) in [6.07, 6.45) is 80.0. The van der Waals surface area contributed by atoms with Crippen molar-refractivity contribution in [3.05, 3.63) is 134 Å². The van der Waals surface area contributed by atoms with Crippen molar-refractivity contribution in [1.29, 1.82) is 0 Å². The maximum absolute atomic E-state index is 12.4. The molecule has 344 valence electrons. The maximum Gasteiger partial charge on any atom is 0.220 e. The number of nitrogens with one attached hydrogen (secondary N) is 1. The van der Waals surface area contributed by atoms with Gasteiger partial charge in [-0.25, -0.2) is 0 Å². The summed E-state index contributed by atoms with van der Waals surface area (Å²) in [7, 11) is 0. The molecule has 61 heavy (non-hydrogen) atoms. The van der Waals surface area contributed by atoms with Crippen molar-refractivity contribution in [2.24, 2.45) is 0 Å². The second-order valence-corrected chi connectivity index (χ2v) is 16.1. The number of hydrogen-bond acceptors (Lipinski definition) is 3. The molecule has 4 heteroatoms. The Morgan fingerprint density at radius 2 is 0.738 bits per heavy atom. The molecule has 0 heterocycles. The number of carbonyl (C=O) groups excluding carboxylic acids is 1. The molecule has 0 radical (unpaired) electrons. The number of aliphatic hydroxyl groups excluding tert-OH is 2. The van der Waals surface area contributed by atoms with Crippen LogP contribution < -0.4 is 5.32 Å². The van der Waals surface area contributed by atoms with Crippen LogP contribution >= 0.6 is 0 Å². The standard InChI is InChI=1S/C57H93NO3/c1-3-5-7-9-11-13-15-17-19-20-21-22-23-24-25-26-27-28-29-30-31-32-33-34-35-36-37-38-39-41-43-45-47-49-51-53-57(61)58-55(54-59)56(60)52-50-48-46-44-42-40-18-16-14-12-10-8-6-4-2/h5,7,11,13,17,19,21-22,24-25,27-28,30-31,33-34,36-37,42,44,50,52,55-56,59-60H,3-4,6,8-10,12,14-16,18,20,23,26,29,32,35,38-41,43,45-49,51,53-54H2,1-2H3,(H,58,61)/b7-5-,13-11-,19-17-,22-21-,25-24-,28-27-,31-30-,34-33-,37-36-,44-42+,52-50+. The highest BCUT2D eigenvalue weighted by Crippen LogP contribution is 2.12. The summed E-state index contributed by atoms with van der Waals surface area (Å²) in [5, 5.41) is 23.0. The second kappa shape index (κ2) is 50.9. The second-order valence-electron chi connectivity index (χ2n) is 16.1. The molecule has 2 atom stereocenters. The topological polar surface area (TPSA) is 69.6 Å². The van der Waals surface area contributed by atoms with E-state index in [4.69, 9.17) is 0 Å². The number of allylic oxidation sites excluding steroid dienone is 21. The van der Waals surface area contributed by atoms with Crippen molar-refractivity contribution in [3.63, 3.8) is 0 Å². The molecule has 1 amide bonds. The summed E-state index contributed by atoms with van der Waals surface area (Å²) >= 11 is 0.